The van der Waals surface area contributed by atoms with Crippen molar-refractivity contribution < 1.29 is 9.90 Å². The monoisotopic (exact) mass is 348 g/mol. The SMILES string of the molecule is O=C(Nc1ccn(Cc2ccccc2)n1)N1CCc2ccc(O)cc2C1. The zero-order valence-corrected chi connectivity index (χ0v) is 14.3. The van der Waals surface area contributed by atoms with Crippen LogP contribution in [0.5, 0.6) is 5.75 Å². The molecule has 1 aromatic heterocycles. The maximum atomic E-state index is 12.5. The molecule has 0 fully saturated rings. The first-order chi connectivity index (χ1) is 12.7. The minimum absolute atomic E-state index is 0.177. The molecule has 2 aromatic carbocycles. The highest BCUT2D eigenvalue weighted by atomic mass is 16.3. The Hall–Kier alpha value is -3.28. The summed E-state index contributed by atoms with van der Waals surface area (Å²) in [7, 11) is 0. The third-order valence-electron chi connectivity index (χ3n) is 4.55. The zero-order valence-electron chi connectivity index (χ0n) is 14.3. The van der Waals surface area contributed by atoms with Crippen LogP contribution in [0.1, 0.15) is 16.7 Å². The molecule has 4 rings (SSSR count). The predicted molar refractivity (Wildman–Crippen MR) is 99.0 cm³/mol. The number of hydrogen-bond acceptors (Lipinski definition) is 3. The van der Waals surface area contributed by atoms with E-state index in [0.717, 1.165) is 17.5 Å². The summed E-state index contributed by atoms with van der Waals surface area (Å²) in [6, 6.07) is 17.0. The summed E-state index contributed by atoms with van der Waals surface area (Å²) in [5.41, 5.74) is 3.32. The molecule has 3 aromatic rings. The molecule has 6 nitrogen and oxygen atoms in total. The second-order valence-electron chi connectivity index (χ2n) is 6.44. The number of carbonyl (C=O) groups is 1. The number of anilines is 1. The molecule has 1 aliphatic heterocycles. The average molecular weight is 348 g/mol. The van der Waals surface area contributed by atoms with Crippen molar-refractivity contribution in [1.82, 2.24) is 14.7 Å². The lowest BCUT2D eigenvalue weighted by molar-refractivity contribution is 0.206. The van der Waals surface area contributed by atoms with Gasteiger partial charge < -0.3 is 10.0 Å². The minimum Gasteiger partial charge on any atom is -0.508 e. The van der Waals surface area contributed by atoms with Gasteiger partial charge in [-0.05, 0) is 35.2 Å². The number of phenols is 1. The number of nitrogens with one attached hydrogen (secondary N) is 1. The maximum absolute atomic E-state index is 12.5. The maximum Gasteiger partial charge on any atom is 0.323 e. The summed E-state index contributed by atoms with van der Waals surface area (Å²) in [6.45, 7) is 1.79. The normalized spacial score (nSPS) is 13.3. The lowest BCUT2D eigenvalue weighted by Gasteiger charge is -2.28. The van der Waals surface area contributed by atoms with Crippen molar-refractivity contribution in [2.24, 2.45) is 0 Å². The van der Waals surface area contributed by atoms with Crippen molar-refractivity contribution in [2.75, 3.05) is 11.9 Å². The van der Waals surface area contributed by atoms with Crippen LogP contribution in [0.4, 0.5) is 10.6 Å². The van der Waals surface area contributed by atoms with Gasteiger partial charge in [0.05, 0.1) is 6.54 Å². The average Bonchev–Trinajstić information content (AvgIpc) is 3.08. The second-order valence-corrected chi connectivity index (χ2v) is 6.44. The first kappa shape index (κ1) is 16.2. The Morgan fingerprint density at radius 2 is 1.96 bits per heavy atom. The number of benzene rings is 2. The third-order valence-corrected chi connectivity index (χ3v) is 4.55. The molecule has 132 valence electrons. The number of carbonyl (C=O) groups excluding carboxylic acids is 1. The van der Waals surface area contributed by atoms with Crippen LogP contribution in [-0.2, 0) is 19.5 Å². The van der Waals surface area contributed by atoms with E-state index in [4.69, 9.17) is 0 Å². The van der Waals surface area contributed by atoms with Gasteiger partial charge in [0, 0.05) is 25.4 Å². The van der Waals surface area contributed by atoms with E-state index in [1.54, 1.807) is 27.8 Å². The molecule has 2 amide bonds. The zero-order chi connectivity index (χ0) is 17.9. The van der Waals surface area contributed by atoms with Gasteiger partial charge in [0.2, 0.25) is 0 Å². The highest BCUT2D eigenvalue weighted by Gasteiger charge is 2.21. The van der Waals surface area contributed by atoms with Gasteiger partial charge >= 0.3 is 6.03 Å². The van der Waals surface area contributed by atoms with Crippen molar-refractivity contribution in [3.8, 4) is 5.75 Å². The molecule has 0 radical (unpaired) electrons. The molecule has 2 heterocycles. The number of aromatic nitrogens is 2. The molecule has 0 atom stereocenters. The van der Waals surface area contributed by atoms with E-state index in [-0.39, 0.29) is 11.8 Å². The summed E-state index contributed by atoms with van der Waals surface area (Å²) in [5, 5.41) is 16.9. The Bertz CT molecular complexity index is 921. The molecule has 0 saturated heterocycles. The van der Waals surface area contributed by atoms with Gasteiger partial charge in [0.1, 0.15) is 5.75 Å². The van der Waals surface area contributed by atoms with Crippen molar-refractivity contribution in [3.63, 3.8) is 0 Å². The van der Waals surface area contributed by atoms with Crippen LogP contribution in [0.15, 0.2) is 60.8 Å². The predicted octanol–water partition coefficient (Wildman–Crippen LogP) is 3.23. The summed E-state index contributed by atoms with van der Waals surface area (Å²) >= 11 is 0. The molecule has 0 bridgehead atoms. The largest absolute Gasteiger partial charge is 0.508 e. The van der Waals surface area contributed by atoms with Gasteiger partial charge in [-0.25, -0.2) is 4.79 Å². The third kappa shape index (κ3) is 3.54. The minimum atomic E-state index is -0.177. The van der Waals surface area contributed by atoms with Crippen molar-refractivity contribution in [1.29, 1.82) is 0 Å². The van der Waals surface area contributed by atoms with Gasteiger partial charge in [-0.3, -0.25) is 10.00 Å². The molecular weight excluding hydrogens is 328 g/mol. The molecule has 0 unspecified atom stereocenters. The summed E-state index contributed by atoms with van der Waals surface area (Å²) in [6.07, 6.45) is 2.64. The molecule has 0 aliphatic carbocycles. The Morgan fingerprint density at radius 3 is 2.81 bits per heavy atom. The summed E-state index contributed by atoms with van der Waals surface area (Å²) < 4.78 is 1.80. The second kappa shape index (κ2) is 6.92. The fourth-order valence-corrected chi connectivity index (χ4v) is 3.19. The van der Waals surface area contributed by atoms with Crippen LogP contribution in [0, 0.1) is 0 Å². The van der Waals surface area contributed by atoms with E-state index in [0.29, 0.717) is 25.5 Å². The Kier molecular flexibility index (Phi) is 4.31. The smallest absolute Gasteiger partial charge is 0.323 e. The van der Waals surface area contributed by atoms with Crippen LogP contribution in [0.2, 0.25) is 0 Å². The number of hydrogen-bond donors (Lipinski definition) is 2. The van der Waals surface area contributed by atoms with E-state index >= 15 is 0 Å². The summed E-state index contributed by atoms with van der Waals surface area (Å²) in [5.74, 6) is 0.762. The van der Waals surface area contributed by atoms with Crippen molar-refractivity contribution in [2.45, 2.75) is 19.5 Å². The van der Waals surface area contributed by atoms with Gasteiger partial charge in [0.25, 0.3) is 0 Å². The quantitative estimate of drug-likeness (QED) is 0.763. The lowest BCUT2D eigenvalue weighted by Crippen LogP contribution is -2.38. The van der Waals surface area contributed by atoms with Gasteiger partial charge in [-0.2, -0.15) is 5.10 Å². The number of phenolic OH excluding ortho intramolecular Hbond substituents is 1. The number of amides is 2. The van der Waals surface area contributed by atoms with Gasteiger partial charge in [0.15, 0.2) is 5.82 Å². The summed E-state index contributed by atoms with van der Waals surface area (Å²) in [4.78, 5) is 14.3. The number of nitrogens with zero attached hydrogens (tertiary/aromatic N) is 3. The number of aromatic hydroxyl groups is 1. The molecular formula is C20H20N4O2. The fourth-order valence-electron chi connectivity index (χ4n) is 3.19. The van der Waals surface area contributed by atoms with E-state index < -0.39 is 0 Å². The molecule has 26 heavy (non-hydrogen) atoms. The molecule has 0 saturated carbocycles. The first-order valence-corrected chi connectivity index (χ1v) is 8.61. The molecule has 0 spiro atoms. The van der Waals surface area contributed by atoms with E-state index in [2.05, 4.69) is 10.4 Å². The Morgan fingerprint density at radius 1 is 1.12 bits per heavy atom. The van der Waals surface area contributed by atoms with Gasteiger partial charge in [-0.15, -0.1) is 0 Å². The fraction of sp³-hybridized carbons (Fsp3) is 0.200. The van der Waals surface area contributed by atoms with Gasteiger partial charge in [-0.1, -0.05) is 36.4 Å². The lowest BCUT2D eigenvalue weighted by atomic mass is 10.00. The van der Waals surface area contributed by atoms with Crippen LogP contribution >= 0.6 is 0 Å². The van der Waals surface area contributed by atoms with Crippen molar-refractivity contribution >= 4 is 11.8 Å². The standard InChI is InChI=1S/C20H20N4O2/c25-18-7-6-16-8-10-23(14-17(16)12-18)20(26)21-19-9-11-24(22-19)13-15-4-2-1-3-5-15/h1-7,9,11-12,25H,8,10,13-14H2,(H,21,22,26). The number of fused-ring (bicyclic) bond motifs is 1. The van der Waals surface area contributed by atoms with E-state index in [9.17, 15) is 9.90 Å². The number of urea groups is 1. The Labute approximate surface area is 151 Å². The van der Waals surface area contributed by atoms with E-state index in [1.807, 2.05) is 42.6 Å². The molecule has 2 N–H and O–H groups in total. The highest BCUT2D eigenvalue weighted by Crippen LogP contribution is 2.23. The molecule has 6 heteroatoms. The van der Waals surface area contributed by atoms with E-state index in [1.165, 1.54) is 5.56 Å². The van der Waals surface area contributed by atoms with Crippen LogP contribution < -0.4 is 5.32 Å². The molecule has 1 aliphatic rings. The highest BCUT2D eigenvalue weighted by molar-refractivity contribution is 5.88. The van der Waals surface area contributed by atoms with Crippen LogP contribution in [-0.4, -0.2) is 32.4 Å². The Balaban J connectivity index is 1.39. The first-order valence-electron chi connectivity index (χ1n) is 8.61. The van der Waals surface area contributed by atoms with Crippen molar-refractivity contribution in [3.05, 3.63) is 77.5 Å². The van der Waals surface area contributed by atoms with Crippen LogP contribution in [0.3, 0.4) is 0 Å². The topological polar surface area (TPSA) is 70.4 Å². The van der Waals surface area contributed by atoms with Crippen LogP contribution in [0.25, 0.3) is 0 Å². The number of rotatable bonds is 3.